The summed E-state index contributed by atoms with van der Waals surface area (Å²) in [5.74, 6) is 0.978. The van der Waals surface area contributed by atoms with Gasteiger partial charge in [0.05, 0.1) is 17.2 Å². The van der Waals surface area contributed by atoms with Crippen LogP contribution >= 0.6 is 0 Å². The first-order valence-electron chi connectivity index (χ1n) is 10.1. The summed E-state index contributed by atoms with van der Waals surface area (Å²) in [7, 11) is 1.74. The van der Waals surface area contributed by atoms with E-state index in [9.17, 15) is 0 Å². The zero-order valence-electron chi connectivity index (χ0n) is 17.9. The molecule has 0 bridgehead atoms. The number of allylic oxidation sites excluding steroid dienone is 5. The van der Waals surface area contributed by atoms with Crippen LogP contribution in [-0.4, -0.2) is 26.0 Å². The van der Waals surface area contributed by atoms with Gasteiger partial charge in [-0.1, -0.05) is 13.8 Å². The Balaban J connectivity index is 2.14. The van der Waals surface area contributed by atoms with Crippen LogP contribution in [0.2, 0.25) is 0 Å². The molecule has 7 heteroatoms. The number of nitrogens with two attached hydrogens (primary N) is 3. The summed E-state index contributed by atoms with van der Waals surface area (Å²) in [6, 6.07) is 0. The van der Waals surface area contributed by atoms with Gasteiger partial charge in [-0.3, -0.25) is 4.99 Å². The van der Waals surface area contributed by atoms with E-state index in [2.05, 4.69) is 46.9 Å². The number of nitrogens with one attached hydrogen (secondary N) is 3. The van der Waals surface area contributed by atoms with E-state index in [0.29, 0.717) is 18.3 Å². The van der Waals surface area contributed by atoms with Gasteiger partial charge in [0, 0.05) is 31.1 Å². The molecule has 0 saturated heterocycles. The van der Waals surface area contributed by atoms with E-state index in [1.807, 2.05) is 19.1 Å². The van der Waals surface area contributed by atoms with Gasteiger partial charge in [-0.25, -0.2) is 0 Å². The lowest BCUT2D eigenvalue weighted by molar-refractivity contribution is 0.564. The third kappa shape index (κ3) is 5.70. The van der Waals surface area contributed by atoms with E-state index in [-0.39, 0.29) is 6.17 Å². The zero-order valence-corrected chi connectivity index (χ0v) is 17.9. The van der Waals surface area contributed by atoms with Crippen molar-refractivity contribution in [3.05, 3.63) is 70.1 Å². The van der Waals surface area contributed by atoms with Crippen molar-refractivity contribution >= 4 is 6.21 Å². The van der Waals surface area contributed by atoms with Crippen LogP contribution in [0.15, 0.2) is 75.1 Å². The average Bonchev–Trinajstić information content (AvgIpc) is 2.71. The predicted octanol–water partition coefficient (Wildman–Crippen LogP) is 1.81. The predicted molar refractivity (Wildman–Crippen MR) is 122 cm³/mol. The maximum absolute atomic E-state index is 6.24. The zero-order chi connectivity index (χ0) is 21.4. The monoisotopic (exact) mass is 397 g/mol. The van der Waals surface area contributed by atoms with Crippen LogP contribution in [0.4, 0.5) is 0 Å². The highest BCUT2D eigenvalue weighted by atomic mass is 15.2. The van der Waals surface area contributed by atoms with Crippen molar-refractivity contribution in [2.45, 2.75) is 39.8 Å². The van der Waals surface area contributed by atoms with Crippen molar-refractivity contribution in [1.29, 1.82) is 0 Å². The molecule has 0 amide bonds. The van der Waals surface area contributed by atoms with E-state index in [1.165, 1.54) is 0 Å². The van der Waals surface area contributed by atoms with Crippen LogP contribution in [0, 0.1) is 5.92 Å². The molecule has 2 aliphatic rings. The third-order valence-electron chi connectivity index (χ3n) is 5.17. The van der Waals surface area contributed by atoms with Gasteiger partial charge in [0.25, 0.3) is 0 Å². The molecule has 29 heavy (non-hydrogen) atoms. The highest BCUT2D eigenvalue weighted by molar-refractivity contribution is 5.86. The smallest absolute Gasteiger partial charge is 0.117 e. The van der Waals surface area contributed by atoms with E-state index < -0.39 is 0 Å². The number of hydrogen-bond acceptors (Lipinski definition) is 7. The van der Waals surface area contributed by atoms with Crippen molar-refractivity contribution in [3.8, 4) is 0 Å². The second-order valence-corrected chi connectivity index (χ2v) is 7.24. The molecule has 7 nitrogen and oxygen atoms in total. The first-order valence-corrected chi connectivity index (χ1v) is 10.1. The van der Waals surface area contributed by atoms with Crippen LogP contribution in [0.1, 0.15) is 33.6 Å². The molecule has 0 aromatic rings. The highest BCUT2D eigenvalue weighted by Crippen LogP contribution is 2.22. The third-order valence-corrected chi connectivity index (χ3v) is 5.17. The Morgan fingerprint density at radius 3 is 2.62 bits per heavy atom. The van der Waals surface area contributed by atoms with Gasteiger partial charge in [0.2, 0.25) is 0 Å². The fourth-order valence-electron chi connectivity index (χ4n) is 3.55. The summed E-state index contributed by atoms with van der Waals surface area (Å²) in [5, 5.41) is 10.2. The van der Waals surface area contributed by atoms with E-state index >= 15 is 0 Å². The number of dihydropyridines is 2. The molecular formula is C22H35N7. The van der Waals surface area contributed by atoms with Gasteiger partial charge in [0.1, 0.15) is 6.17 Å². The first kappa shape index (κ1) is 22.2. The topological polar surface area (TPSA) is 127 Å². The number of aliphatic imine (C=N–C) groups is 1. The van der Waals surface area contributed by atoms with Crippen LogP contribution in [0.5, 0.6) is 0 Å². The van der Waals surface area contributed by atoms with Gasteiger partial charge in [-0.05, 0) is 67.3 Å². The summed E-state index contributed by atoms with van der Waals surface area (Å²) in [4.78, 5) is 4.12. The van der Waals surface area contributed by atoms with E-state index in [4.69, 9.17) is 17.2 Å². The minimum absolute atomic E-state index is 0.130. The van der Waals surface area contributed by atoms with Crippen molar-refractivity contribution < 1.29 is 0 Å². The molecule has 0 aromatic heterocycles. The van der Waals surface area contributed by atoms with Gasteiger partial charge in [-0.2, -0.15) is 0 Å². The maximum Gasteiger partial charge on any atom is 0.117 e. The minimum atomic E-state index is -0.130. The molecular weight excluding hydrogens is 362 g/mol. The standard InChI is InChI=1S/C22H35N7/c1-5-15(6-2)16(11-23)10-21(25)29-22-8-7-19-20(28-22)9-17(12-27-19)18(13-26-4)14(3)24/h7-11,13,15,22,27-29H,5-6,12,23-25H2,1-4H3/b16-11+,18-14?,21-10+,26-13?. The largest absolute Gasteiger partial charge is 0.404 e. The Bertz CT molecular complexity index is 801. The molecule has 0 aliphatic carbocycles. The fourth-order valence-corrected chi connectivity index (χ4v) is 3.55. The Morgan fingerprint density at radius 2 is 2.03 bits per heavy atom. The Labute approximate surface area is 174 Å². The van der Waals surface area contributed by atoms with Crippen molar-refractivity contribution in [2.75, 3.05) is 13.6 Å². The Morgan fingerprint density at radius 1 is 1.31 bits per heavy atom. The van der Waals surface area contributed by atoms with Gasteiger partial charge < -0.3 is 33.2 Å². The summed E-state index contributed by atoms with van der Waals surface area (Å²) in [5.41, 5.74) is 23.9. The quantitative estimate of drug-likeness (QED) is 0.274. The van der Waals surface area contributed by atoms with Crippen LogP contribution in [0.3, 0.4) is 0 Å². The first-order chi connectivity index (χ1) is 13.9. The Kier molecular flexibility index (Phi) is 8.00. The molecule has 9 N–H and O–H groups in total. The SMILES string of the molecule is CCC(CC)C(=C/N)/C=C(\N)NC1C=CC2=C(C=C(C(C=NC)=C(C)N)CN2)N1. The van der Waals surface area contributed by atoms with Gasteiger partial charge in [-0.15, -0.1) is 0 Å². The summed E-state index contributed by atoms with van der Waals surface area (Å²) < 4.78 is 0. The van der Waals surface area contributed by atoms with Gasteiger partial charge >= 0.3 is 0 Å². The Hall–Kier alpha value is -3.09. The molecule has 0 aromatic carbocycles. The van der Waals surface area contributed by atoms with E-state index in [0.717, 1.165) is 46.7 Å². The van der Waals surface area contributed by atoms with Crippen molar-refractivity contribution in [1.82, 2.24) is 16.0 Å². The van der Waals surface area contributed by atoms with Crippen LogP contribution < -0.4 is 33.2 Å². The second kappa shape index (κ2) is 10.5. The summed E-state index contributed by atoms with van der Waals surface area (Å²) in [6.45, 7) is 6.89. The molecule has 0 spiro atoms. The van der Waals surface area contributed by atoms with Gasteiger partial charge in [0.15, 0.2) is 0 Å². The molecule has 0 saturated carbocycles. The molecule has 0 radical (unpaired) electrons. The molecule has 1 atom stereocenters. The molecule has 2 heterocycles. The van der Waals surface area contributed by atoms with Crippen molar-refractivity contribution in [2.24, 2.45) is 28.1 Å². The molecule has 2 aliphatic heterocycles. The van der Waals surface area contributed by atoms with Crippen LogP contribution in [-0.2, 0) is 0 Å². The van der Waals surface area contributed by atoms with Crippen LogP contribution in [0.25, 0.3) is 0 Å². The number of nitrogens with zero attached hydrogens (tertiary/aromatic N) is 1. The minimum Gasteiger partial charge on any atom is -0.404 e. The second-order valence-electron chi connectivity index (χ2n) is 7.24. The lowest BCUT2D eigenvalue weighted by Gasteiger charge is -2.29. The molecule has 2 rings (SSSR count). The maximum atomic E-state index is 6.24. The number of hydrogen-bond donors (Lipinski definition) is 6. The lowest BCUT2D eigenvalue weighted by atomic mass is 9.94. The molecule has 0 fully saturated rings. The molecule has 1 unspecified atom stereocenters. The highest BCUT2D eigenvalue weighted by Gasteiger charge is 2.20. The molecule has 158 valence electrons. The number of rotatable bonds is 8. The summed E-state index contributed by atoms with van der Waals surface area (Å²) >= 11 is 0. The van der Waals surface area contributed by atoms with Crippen molar-refractivity contribution in [3.63, 3.8) is 0 Å². The lowest BCUT2D eigenvalue weighted by Crippen LogP contribution is -2.45. The normalized spacial score (nSPS) is 20.9. The average molecular weight is 398 g/mol. The van der Waals surface area contributed by atoms with E-state index in [1.54, 1.807) is 19.5 Å². The fraction of sp³-hybridized carbons (Fsp3) is 0.409. The summed E-state index contributed by atoms with van der Waals surface area (Å²) in [6.07, 6.45) is 13.5.